The van der Waals surface area contributed by atoms with Gasteiger partial charge in [0.05, 0.1) is 6.21 Å². The fraction of sp³-hybridized carbons (Fsp3) is 0.407. The summed E-state index contributed by atoms with van der Waals surface area (Å²) in [4.78, 5) is 18.7. The Kier molecular flexibility index (Phi) is 7.68. The second-order valence-electron chi connectivity index (χ2n) is 9.07. The molecule has 182 valence electrons. The van der Waals surface area contributed by atoms with E-state index >= 15 is 0 Å². The van der Waals surface area contributed by atoms with E-state index in [-0.39, 0.29) is 0 Å². The topological polar surface area (TPSA) is 78.8 Å². The Morgan fingerprint density at radius 3 is 2.09 bits per heavy atom. The van der Waals surface area contributed by atoms with Gasteiger partial charge in [-0.05, 0) is 61.8 Å². The van der Waals surface area contributed by atoms with Gasteiger partial charge in [-0.15, -0.1) is 0 Å². The number of aromatic nitrogens is 3. The third-order valence-electron chi connectivity index (χ3n) is 6.37. The average Bonchev–Trinajstić information content (AvgIpc) is 2.94. The van der Waals surface area contributed by atoms with E-state index in [1.807, 2.05) is 42.5 Å². The normalized spacial score (nSPS) is 16.5. The molecule has 35 heavy (non-hydrogen) atoms. The van der Waals surface area contributed by atoms with Crippen LogP contribution in [0, 0.1) is 0 Å². The molecule has 2 aromatic carbocycles. The number of hydrazone groups is 1. The zero-order chi connectivity index (χ0) is 23.7. The van der Waals surface area contributed by atoms with Gasteiger partial charge < -0.3 is 14.5 Å². The molecule has 2 saturated heterocycles. The van der Waals surface area contributed by atoms with Gasteiger partial charge in [0.25, 0.3) is 0 Å². The Balaban J connectivity index is 1.27. The van der Waals surface area contributed by atoms with Crippen molar-refractivity contribution in [2.24, 2.45) is 5.10 Å². The van der Waals surface area contributed by atoms with E-state index < -0.39 is 0 Å². The quantitative estimate of drug-likeness (QED) is 0.371. The van der Waals surface area contributed by atoms with Crippen LogP contribution in [0.15, 0.2) is 59.7 Å². The first-order valence-corrected chi connectivity index (χ1v) is 12.7. The van der Waals surface area contributed by atoms with Gasteiger partial charge >= 0.3 is 0 Å². The second-order valence-corrected chi connectivity index (χ2v) is 9.07. The number of hydrogen-bond acceptors (Lipinski definition) is 8. The number of anilines is 3. The van der Waals surface area contributed by atoms with Gasteiger partial charge in [0, 0.05) is 26.2 Å². The zero-order valence-corrected chi connectivity index (χ0v) is 20.1. The number of ether oxygens (including phenoxy) is 1. The van der Waals surface area contributed by atoms with E-state index in [0.717, 1.165) is 55.0 Å². The van der Waals surface area contributed by atoms with E-state index in [0.29, 0.717) is 12.6 Å². The van der Waals surface area contributed by atoms with Crippen molar-refractivity contribution in [1.82, 2.24) is 15.0 Å². The van der Waals surface area contributed by atoms with Crippen molar-refractivity contribution in [2.45, 2.75) is 45.1 Å². The maximum atomic E-state index is 5.94. The maximum absolute atomic E-state index is 5.94. The van der Waals surface area contributed by atoms with Gasteiger partial charge in [-0.3, -0.25) is 0 Å². The molecule has 8 heteroatoms. The fourth-order valence-corrected chi connectivity index (χ4v) is 4.46. The number of hydrogen-bond donors (Lipinski definition) is 1. The van der Waals surface area contributed by atoms with Crippen LogP contribution in [0.4, 0.5) is 17.8 Å². The van der Waals surface area contributed by atoms with Gasteiger partial charge in [0.2, 0.25) is 17.8 Å². The molecule has 1 N–H and O–H groups in total. The summed E-state index contributed by atoms with van der Waals surface area (Å²) in [6.45, 7) is 4.48. The number of piperidine rings is 2. The maximum Gasteiger partial charge on any atom is 0.250 e. The molecule has 0 unspecified atom stereocenters. The summed E-state index contributed by atoms with van der Waals surface area (Å²) in [5.41, 5.74) is 5.11. The predicted molar refractivity (Wildman–Crippen MR) is 140 cm³/mol. The molecule has 3 aromatic rings. The molecular formula is C27H33N7O. The molecular weight excluding hydrogens is 438 g/mol. The number of nitrogens with zero attached hydrogens (tertiary/aromatic N) is 6. The lowest BCUT2D eigenvalue weighted by Crippen LogP contribution is -2.34. The summed E-state index contributed by atoms with van der Waals surface area (Å²) in [6.07, 6.45) is 9.00. The largest absolute Gasteiger partial charge is 0.489 e. The Morgan fingerprint density at radius 2 is 1.43 bits per heavy atom. The van der Waals surface area contributed by atoms with Crippen LogP contribution in [0.25, 0.3) is 0 Å². The highest BCUT2D eigenvalue weighted by Crippen LogP contribution is 2.22. The highest BCUT2D eigenvalue weighted by Gasteiger charge is 2.20. The monoisotopic (exact) mass is 471 g/mol. The number of nitrogens with one attached hydrogen (secondary N) is 1. The first kappa shape index (κ1) is 23.1. The molecule has 0 aliphatic carbocycles. The minimum Gasteiger partial charge on any atom is -0.489 e. The van der Waals surface area contributed by atoms with E-state index in [2.05, 4.69) is 32.5 Å². The third-order valence-corrected chi connectivity index (χ3v) is 6.37. The molecule has 5 rings (SSSR count). The van der Waals surface area contributed by atoms with Crippen LogP contribution in [-0.4, -0.2) is 47.3 Å². The van der Waals surface area contributed by atoms with Crippen molar-refractivity contribution in [3.8, 4) is 5.75 Å². The van der Waals surface area contributed by atoms with Crippen LogP contribution in [0.2, 0.25) is 0 Å². The van der Waals surface area contributed by atoms with E-state index in [1.165, 1.54) is 38.5 Å². The Labute approximate surface area is 207 Å². The Bertz CT molecular complexity index is 1070. The van der Waals surface area contributed by atoms with Crippen LogP contribution in [0.3, 0.4) is 0 Å². The van der Waals surface area contributed by atoms with Crippen LogP contribution in [-0.2, 0) is 6.61 Å². The standard InChI is InChI=1S/C27H33N7O/c1-4-11-22(12-5-1)21-35-24-14-10-13-23(19-24)20-28-32-25-29-26(33-15-6-2-7-16-33)31-27(30-25)34-17-8-3-9-18-34/h1,4-5,10-14,19-20H,2-3,6-9,15-18,21H2,(H,29,30,31,32). The lowest BCUT2D eigenvalue weighted by Gasteiger charge is -2.30. The molecule has 0 atom stereocenters. The molecule has 2 aliphatic rings. The van der Waals surface area contributed by atoms with Crippen molar-refractivity contribution in [3.63, 3.8) is 0 Å². The molecule has 3 heterocycles. The molecule has 2 aliphatic heterocycles. The second kappa shape index (κ2) is 11.6. The van der Waals surface area contributed by atoms with Gasteiger partial charge in [-0.2, -0.15) is 20.1 Å². The molecule has 8 nitrogen and oxygen atoms in total. The number of rotatable bonds is 8. The van der Waals surface area contributed by atoms with Gasteiger partial charge in [-0.25, -0.2) is 5.43 Å². The van der Waals surface area contributed by atoms with E-state index in [9.17, 15) is 0 Å². The van der Waals surface area contributed by atoms with Crippen molar-refractivity contribution >= 4 is 24.1 Å². The van der Waals surface area contributed by atoms with E-state index in [4.69, 9.17) is 19.7 Å². The summed E-state index contributed by atoms with van der Waals surface area (Å²) < 4.78 is 5.94. The third kappa shape index (κ3) is 6.47. The molecule has 0 saturated carbocycles. The number of benzene rings is 2. The lowest BCUT2D eigenvalue weighted by molar-refractivity contribution is 0.306. The van der Waals surface area contributed by atoms with E-state index in [1.54, 1.807) is 6.21 Å². The Morgan fingerprint density at radius 1 is 0.771 bits per heavy atom. The van der Waals surface area contributed by atoms with Crippen LogP contribution in [0.5, 0.6) is 5.75 Å². The molecule has 1 aromatic heterocycles. The fourth-order valence-electron chi connectivity index (χ4n) is 4.46. The average molecular weight is 472 g/mol. The van der Waals surface area contributed by atoms with Crippen LogP contribution in [0.1, 0.15) is 49.7 Å². The predicted octanol–water partition coefficient (Wildman–Crippen LogP) is 4.88. The molecule has 0 bridgehead atoms. The van der Waals surface area contributed by atoms with Crippen molar-refractivity contribution in [1.29, 1.82) is 0 Å². The highest BCUT2D eigenvalue weighted by atomic mass is 16.5. The van der Waals surface area contributed by atoms with Crippen molar-refractivity contribution in [3.05, 3.63) is 65.7 Å². The first-order chi connectivity index (χ1) is 17.3. The summed E-state index contributed by atoms with van der Waals surface area (Å²) in [7, 11) is 0. The highest BCUT2D eigenvalue weighted by molar-refractivity contribution is 5.80. The molecule has 0 spiro atoms. The summed E-state index contributed by atoms with van der Waals surface area (Å²) in [5, 5.41) is 4.42. The zero-order valence-electron chi connectivity index (χ0n) is 20.1. The first-order valence-electron chi connectivity index (χ1n) is 12.7. The van der Waals surface area contributed by atoms with Crippen molar-refractivity contribution in [2.75, 3.05) is 41.4 Å². The molecule has 0 amide bonds. The summed E-state index contributed by atoms with van der Waals surface area (Å²) in [5.74, 6) is 2.77. The summed E-state index contributed by atoms with van der Waals surface area (Å²) in [6, 6.07) is 18.0. The van der Waals surface area contributed by atoms with Crippen LogP contribution < -0.4 is 20.0 Å². The minimum absolute atomic E-state index is 0.480. The minimum atomic E-state index is 0.480. The van der Waals surface area contributed by atoms with Crippen LogP contribution >= 0.6 is 0 Å². The lowest BCUT2D eigenvalue weighted by atomic mass is 10.1. The van der Waals surface area contributed by atoms with Gasteiger partial charge in [-0.1, -0.05) is 42.5 Å². The molecule has 0 radical (unpaired) electrons. The van der Waals surface area contributed by atoms with Crippen molar-refractivity contribution < 1.29 is 4.74 Å². The SMILES string of the molecule is C(=NNc1nc(N2CCCCC2)nc(N2CCCCC2)n1)c1cccc(OCc2ccccc2)c1. The molecule has 2 fully saturated rings. The smallest absolute Gasteiger partial charge is 0.250 e. The summed E-state index contributed by atoms with van der Waals surface area (Å²) >= 11 is 0. The van der Waals surface area contributed by atoms with Gasteiger partial charge in [0.1, 0.15) is 12.4 Å². The Hall–Kier alpha value is -3.68. The van der Waals surface area contributed by atoms with Gasteiger partial charge in [0.15, 0.2) is 0 Å².